The second-order valence-corrected chi connectivity index (χ2v) is 5.30. The number of thiazole rings is 1. The van der Waals surface area contributed by atoms with Crippen LogP contribution in [0.25, 0.3) is 4.96 Å². The number of benzene rings is 1. The zero-order chi connectivity index (χ0) is 13.4. The molecule has 1 aromatic carbocycles. The van der Waals surface area contributed by atoms with Gasteiger partial charge < -0.3 is 5.32 Å². The van der Waals surface area contributed by atoms with E-state index < -0.39 is 11.7 Å². The van der Waals surface area contributed by atoms with Crippen LogP contribution < -0.4 is 5.32 Å². The van der Waals surface area contributed by atoms with Crippen molar-refractivity contribution in [3.05, 3.63) is 53.0 Å². The number of hydrogen-bond acceptors (Lipinski definition) is 3. The highest BCUT2D eigenvalue weighted by molar-refractivity contribution is 7.17. The summed E-state index contributed by atoms with van der Waals surface area (Å²) in [5, 5.41) is 2.51. The lowest BCUT2D eigenvalue weighted by molar-refractivity contribution is 0.102. The minimum atomic E-state index is -0.465. The number of nitrogens with one attached hydrogen (secondary N) is 1. The van der Waals surface area contributed by atoms with Gasteiger partial charge in [0.15, 0.2) is 4.96 Å². The maximum Gasteiger partial charge on any atom is 0.275 e. The number of aromatic nitrogens is 2. The highest BCUT2D eigenvalue weighted by Crippen LogP contribution is 2.18. The molecule has 0 aliphatic rings. The van der Waals surface area contributed by atoms with E-state index in [0.717, 1.165) is 9.84 Å². The molecule has 4 nitrogen and oxygen atoms in total. The van der Waals surface area contributed by atoms with Crippen molar-refractivity contribution in [3.63, 3.8) is 0 Å². The summed E-state index contributed by atoms with van der Waals surface area (Å²) in [6.07, 6.45) is 3.53. The van der Waals surface area contributed by atoms with Gasteiger partial charge in [-0.05, 0) is 19.1 Å². The average Bonchev–Trinajstić information content (AvgIpc) is 2.89. The lowest BCUT2D eigenvalue weighted by atomic mass is 10.3. The Morgan fingerprint density at radius 3 is 2.89 bits per heavy atom. The Balaban J connectivity index is 1.87. The van der Waals surface area contributed by atoms with Crippen molar-refractivity contribution in [2.75, 3.05) is 5.32 Å². The van der Waals surface area contributed by atoms with Crippen molar-refractivity contribution in [3.8, 4) is 0 Å². The molecular formula is C13H10FN3OS. The van der Waals surface area contributed by atoms with Gasteiger partial charge in [0.25, 0.3) is 5.91 Å². The minimum absolute atomic E-state index is 0.153. The van der Waals surface area contributed by atoms with Crippen LogP contribution in [-0.2, 0) is 0 Å². The van der Waals surface area contributed by atoms with Crippen LogP contribution in [0.5, 0.6) is 0 Å². The fraction of sp³-hybridized carbons (Fsp3) is 0.0769. The standard InChI is InChI=1S/C13H10FN3OS/c1-8-6-17-7-11(16-13(17)19-8)12(18)15-10-5-3-2-4-9(10)14/h2-7H,1H3,(H,15,18). The number of anilines is 1. The monoisotopic (exact) mass is 275 g/mol. The van der Waals surface area contributed by atoms with Gasteiger partial charge in [-0.1, -0.05) is 12.1 Å². The Labute approximate surface area is 112 Å². The number of nitrogens with zero attached hydrogens (tertiary/aromatic N) is 2. The predicted molar refractivity (Wildman–Crippen MR) is 72.2 cm³/mol. The number of carbonyl (C=O) groups is 1. The van der Waals surface area contributed by atoms with Crippen LogP contribution in [0.2, 0.25) is 0 Å². The molecule has 19 heavy (non-hydrogen) atoms. The molecule has 0 spiro atoms. The molecule has 0 saturated heterocycles. The Morgan fingerprint density at radius 2 is 2.16 bits per heavy atom. The van der Waals surface area contributed by atoms with Gasteiger partial charge in [-0.2, -0.15) is 0 Å². The molecule has 1 N–H and O–H groups in total. The van der Waals surface area contributed by atoms with Gasteiger partial charge in [-0.3, -0.25) is 9.20 Å². The number of hydrogen-bond donors (Lipinski definition) is 1. The molecule has 1 amide bonds. The van der Waals surface area contributed by atoms with Crippen molar-refractivity contribution in [1.82, 2.24) is 9.38 Å². The van der Waals surface area contributed by atoms with E-state index >= 15 is 0 Å². The SMILES string of the molecule is Cc1cn2cc(C(=O)Nc3ccccc3F)nc2s1. The van der Waals surface area contributed by atoms with Crippen LogP contribution in [0.15, 0.2) is 36.7 Å². The molecule has 0 radical (unpaired) electrons. The van der Waals surface area contributed by atoms with E-state index in [9.17, 15) is 9.18 Å². The van der Waals surface area contributed by atoms with E-state index in [4.69, 9.17) is 0 Å². The van der Waals surface area contributed by atoms with Gasteiger partial charge in [0, 0.05) is 17.3 Å². The lowest BCUT2D eigenvalue weighted by Gasteiger charge is -2.03. The Bertz CT molecular complexity index is 731. The Morgan fingerprint density at radius 1 is 1.37 bits per heavy atom. The van der Waals surface area contributed by atoms with Crippen molar-refractivity contribution in [2.24, 2.45) is 0 Å². The summed E-state index contributed by atoms with van der Waals surface area (Å²) < 4.78 is 15.2. The third kappa shape index (κ3) is 2.22. The highest BCUT2D eigenvalue weighted by Gasteiger charge is 2.13. The van der Waals surface area contributed by atoms with Gasteiger partial charge in [0.05, 0.1) is 5.69 Å². The summed E-state index contributed by atoms with van der Waals surface area (Å²) in [5.74, 6) is -0.883. The van der Waals surface area contributed by atoms with E-state index in [2.05, 4.69) is 10.3 Å². The predicted octanol–water partition coefficient (Wildman–Crippen LogP) is 3.10. The van der Waals surface area contributed by atoms with Crippen LogP contribution in [0, 0.1) is 12.7 Å². The fourth-order valence-corrected chi connectivity index (χ4v) is 2.58. The van der Waals surface area contributed by atoms with E-state index in [0.29, 0.717) is 0 Å². The second-order valence-electron chi connectivity index (χ2n) is 4.09. The Kier molecular flexibility index (Phi) is 2.79. The summed E-state index contributed by atoms with van der Waals surface area (Å²) in [6, 6.07) is 6.04. The number of carbonyl (C=O) groups excluding carboxylic acids is 1. The Hall–Kier alpha value is -2.21. The third-order valence-electron chi connectivity index (χ3n) is 2.63. The maximum absolute atomic E-state index is 13.4. The van der Waals surface area contributed by atoms with Crippen molar-refractivity contribution < 1.29 is 9.18 Å². The summed E-state index contributed by atoms with van der Waals surface area (Å²) in [7, 11) is 0. The van der Waals surface area contributed by atoms with Gasteiger partial charge in [0.2, 0.25) is 0 Å². The van der Waals surface area contributed by atoms with Gasteiger partial charge in [0.1, 0.15) is 11.5 Å². The molecule has 0 saturated carbocycles. The van der Waals surface area contributed by atoms with Crippen LogP contribution in [0.3, 0.4) is 0 Å². The van der Waals surface area contributed by atoms with Crippen molar-refractivity contribution in [2.45, 2.75) is 6.92 Å². The van der Waals surface area contributed by atoms with Crippen LogP contribution in [0.4, 0.5) is 10.1 Å². The zero-order valence-corrected chi connectivity index (χ0v) is 10.9. The summed E-state index contributed by atoms with van der Waals surface area (Å²) in [5.41, 5.74) is 0.425. The number of aryl methyl sites for hydroxylation is 1. The smallest absolute Gasteiger partial charge is 0.275 e. The zero-order valence-electron chi connectivity index (χ0n) is 10.1. The number of halogens is 1. The number of para-hydroxylation sites is 1. The minimum Gasteiger partial charge on any atom is -0.318 e. The van der Waals surface area contributed by atoms with Crippen molar-refractivity contribution in [1.29, 1.82) is 0 Å². The average molecular weight is 275 g/mol. The molecular weight excluding hydrogens is 265 g/mol. The van der Waals surface area contributed by atoms with Gasteiger partial charge >= 0.3 is 0 Å². The molecule has 0 bridgehead atoms. The van der Waals surface area contributed by atoms with Crippen molar-refractivity contribution >= 4 is 27.9 Å². The fourth-order valence-electron chi connectivity index (χ4n) is 1.77. The summed E-state index contributed by atoms with van der Waals surface area (Å²) in [6.45, 7) is 1.97. The molecule has 2 heterocycles. The summed E-state index contributed by atoms with van der Waals surface area (Å²) in [4.78, 5) is 18.0. The molecule has 0 unspecified atom stereocenters. The number of rotatable bonds is 2. The molecule has 2 aromatic heterocycles. The molecule has 3 aromatic rings. The lowest BCUT2D eigenvalue weighted by Crippen LogP contribution is -2.13. The topological polar surface area (TPSA) is 46.4 Å². The maximum atomic E-state index is 13.4. The number of fused-ring (bicyclic) bond motifs is 1. The van der Waals surface area contributed by atoms with E-state index in [1.165, 1.54) is 23.5 Å². The largest absolute Gasteiger partial charge is 0.318 e. The second kappa shape index (κ2) is 4.47. The highest BCUT2D eigenvalue weighted by atomic mass is 32.1. The van der Waals surface area contributed by atoms with Gasteiger partial charge in [-0.15, -0.1) is 11.3 Å². The van der Waals surface area contributed by atoms with Gasteiger partial charge in [-0.25, -0.2) is 9.37 Å². The van der Waals surface area contributed by atoms with E-state index in [-0.39, 0.29) is 11.4 Å². The number of imidazole rings is 1. The van der Waals surface area contributed by atoms with Crippen LogP contribution in [-0.4, -0.2) is 15.3 Å². The summed E-state index contributed by atoms with van der Waals surface area (Å²) >= 11 is 1.50. The number of amides is 1. The quantitative estimate of drug-likeness (QED) is 0.781. The van der Waals surface area contributed by atoms with Crippen LogP contribution in [0.1, 0.15) is 15.4 Å². The molecule has 0 fully saturated rings. The first-order valence-electron chi connectivity index (χ1n) is 5.64. The molecule has 0 aliphatic heterocycles. The first-order valence-corrected chi connectivity index (χ1v) is 6.46. The first kappa shape index (κ1) is 11.9. The van der Waals surface area contributed by atoms with Crippen LogP contribution >= 0.6 is 11.3 Å². The molecule has 0 atom stereocenters. The third-order valence-corrected chi connectivity index (χ3v) is 3.54. The molecule has 6 heteroatoms. The first-order chi connectivity index (χ1) is 9.13. The molecule has 3 rings (SSSR count). The normalized spacial score (nSPS) is 10.8. The van der Waals surface area contributed by atoms with E-state index in [1.54, 1.807) is 22.7 Å². The van der Waals surface area contributed by atoms with E-state index in [1.807, 2.05) is 13.1 Å². The molecule has 96 valence electrons. The molecule has 0 aliphatic carbocycles.